The van der Waals surface area contributed by atoms with Crippen LogP contribution >= 0.6 is 0 Å². The summed E-state index contributed by atoms with van der Waals surface area (Å²) >= 11 is 0. The number of hydrogen-bond acceptors (Lipinski definition) is 4. The third-order valence-electron chi connectivity index (χ3n) is 5.44. The molecule has 7 nitrogen and oxygen atoms in total. The maximum Gasteiger partial charge on any atom is 0.308 e. The van der Waals surface area contributed by atoms with Crippen molar-refractivity contribution in [2.75, 3.05) is 39.4 Å². The van der Waals surface area contributed by atoms with E-state index in [-0.39, 0.29) is 12.0 Å². The molecule has 1 N–H and O–H groups in total. The molecule has 0 radical (unpaired) electrons. The van der Waals surface area contributed by atoms with Crippen LogP contribution in [-0.4, -0.2) is 67.5 Å². The van der Waals surface area contributed by atoms with Crippen molar-refractivity contribution in [1.29, 1.82) is 0 Å². The number of carbonyl (C=O) groups is 1. The van der Waals surface area contributed by atoms with Crippen molar-refractivity contribution >= 4 is 16.2 Å². The molecule has 0 saturated carbocycles. The highest BCUT2D eigenvalue weighted by Gasteiger charge is 2.50. The van der Waals surface area contributed by atoms with Crippen molar-refractivity contribution in [3.8, 4) is 0 Å². The van der Waals surface area contributed by atoms with Gasteiger partial charge in [0.15, 0.2) is 0 Å². The highest BCUT2D eigenvalue weighted by atomic mass is 32.2. The lowest BCUT2D eigenvalue weighted by Crippen LogP contribution is -2.56. The molecule has 2 saturated heterocycles. The van der Waals surface area contributed by atoms with E-state index in [2.05, 4.69) is 0 Å². The van der Waals surface area contributed by atoms with Gasteiger partial charge in [0.25, 0.3) is 10.2 Å². The first kappa shape index (κ1) is 16.9. The lowest BCUT2D eigenvalue weighted by Gasteiger charge is -2.48. The molecule has 8 heteroatoms. The van der Waals surface area contributed by atoms with Crippen molar-refractivity contribution in [3.63, 3.8) is 0 Å². The second-order valence-electron chi connectivity index (χ2n) is 6.60. The molecule has 3 aliphatic rings. The van der Waals surface area contributed by atoms with E-state index < -0.39 is 22.1 Å². The van der Waals surface area contributed by atoms with Crippen LogP contribution in [0.3, 0.4) is 0 Å². The van der Waals surface area contributed by atoms with E-state index >= 15 is 0 Å². The van der Waals surface area contributed by atoms with Gasteiger partial charge in [-0.3, -0.25) is 4.79 Å². The van der Waals surface area contributed by atoms with Crippen LogP contribution in [0.5, 0.6) is 0 Å². The number of hydrogen-bond donors (Lipinski definition) is 1. The summed E-state index contributed by atoms with van der Waals surface area (Å²) in [6.07, 6.45) is 6.51. The molecular formula is C15H24N2O5S. The van der Waals surface area contributed by atoms with Crippen LogP contribution < -0.4 is 0 Å². The minimum atomic E-state index is -3.59. The molecule has 1 atom stereocenters. The zero-order valence-corrected chi connectivity index (χ0v) is 14.0. The lowest BCUT2D eigenvalue weighted by atomic mass is 9.66. The zero-order valence-electron chi connectivity index (χ0n) is 13.2. The van der Waals surface area contributed by atoms with Crippen molar-refractivity contribution in [2.24, 2.45) is 11.3 Å². The first-order valence-corrected chi connectivity index (χ1v) is 9.56. The molecule has 0 bridgehead atoms. The Hall–Kier alpha value is -0.960. The van der Waals surface area contributed by atoms with E-state index in [1.54, 1.807) is 0 Å². The standard InChI is InChI=1S/C15H24N2O5S/c18-14(19)13-12-17(9-4-15(13)5-10-22-11-6-15)23(20,21)16-7-2-1-3-8-16/h1-2,13H,3-12H2,(H,18,19). The van der Waals surface area contributed by atoms with E-state index in [0.717, 1.165) is 0 Å². The minimum Gasteiger partial charge on any atom is -0.481 e. The monoisotopic (exact) mass is 344 g/mol. The normalized spacial score (nSPS) is 29.7. The molecule has 2 fully saturated rings. The van der Waals surface area contributed by atoms with Crippen LogP contribution in [0, 0.1) is 11.3 Å². The van der Waals surface area contributed by atoms with E-state index in [9.17, 15) is 18.3 Å². The Morgan fingerprint density at radius 1 is 1.13 bits per heavy atom. The average Bonchev–Trinajstić information content (AvgIpc) is 2.56. The van der Waals surface area contributed by atoms with Gasteiger partial charge in [-0.1, -0.05) is 12.2 Å². The third-order valence-corrected chi connectivity index (χ3v) is 7.41. The van der Waals surface area contributed by atoms with E-state index in [0.29, 0.717) is 58.5 Å². The molecule has 0 aromatic rings. The fourth-order valence-corrected chi connectivity index (χ4v) is 5.53. The first-order valence-electron chi connectivity index (χ1n) is 8.16. The highest BCUT2D eigenvalue weighted by Crippen LogP contribution is 2.45. The van der Waals surface area contributed by atoms with Gasteiger partial charge in [-0.2, -0.15) is 17.0 Å². The minimum absolute atomic E-state index is 0.0673. The quantitative estimate of drug-likeness (QED) is 0.762. The molecule has 3 aliphatic heterocycles. The molecule has 0 aromatic carbocycles. The van der Waals surface area contributed by atoms with Crippen molar-refractivity contribution in [3.05, 3.63) is 12.2 Å². The topological polar surface area (TPSA) is 87.2 Å². The third kappa shape index (κ3) is 3.17. The summed E-state index contributed by atoms with van der Waals surface area (Å²) in [5.41, 5.74) is -0.322. The van der Waals surface area contributed by atoms with Crippen LogP contribution in [0.1, 0.15) is 25.7 Å². The molecule has 23 heavy (non-hydrogen) atoms. The summed E-state index contributed by atoms with van der Waals surface area (Å²) in [5.74, 6) is -1.56. The number of carboxylic acid groups (broad SMARTS) is 1. The fourth-order valence-electron chi connectivity index (χ4n) is 3.93. The van der Waals surface area contributed by atoms with Crippen molar-refractivity contribution in [1.82, 2.24) is 8.61 Å². The summed E-state index contributed by atoms with van der Waals surface area (Å²) in [5, 5.41) is 9.66. The van der Waals surface area contributed by atoms with Crippen molar-refractivity contribution in [2.45, 2.75) is 25.7 Å². The van der Waals surface area contributed by atoms with Gasteiger partial charge >= 0.3 is 5.97 Å². The average molecular weight is 344 g/mol. The summed E-state index contributed by atoms with van der Waals surface area (Å²) in [7, 11) is -3.59. The number of aliphatic carboxylic acids is 1. The Balaban J connectivity index is 1.79. The fraction of sp³-hybridized carbons (Fsp3) is 0.800. The number of rotatable bonds is 3. The van der Waals surface area contributed by atoms with Crippen LogP contribution in [0.4, 0.5) is 0 Å². The smallest absolute Gasteiger partial charge is 0.308 e. The van der Waals surface area contributed by atoms with Gasteiger partial charge in [0.05, 0.1) is 5.92 Å². The Morgan fingerprint density at radius 2 is 1.87 bits per heavy atom. The summed E-state index contributed by atoms with van der Waals surface area (Å²) < 4.78 is 33.7. The Bertz CT molecular complexity index is 583. The Morgan fingerprint density at radius 3 is 2.48 bits per heavy atom. The summed E-state index contributed by atoms with van der Waals surface area (Å²) in [6.45, 7) is 2.42. The van der Waals surface area contributed by atoms with Gasteiger partial charge in [0.1, 0.15) is 0 Å². The zero-order chi connectivity index (χ0) is 16.5. The predicted octanol–water partition coefficient (Wildman–Crippen LogP) is 0.696. The van der Waals surface area contributed by atoms with Crippen LogP contribution in [0.2, 0.25) is 0 Å². The molecule has 0 aliphatic carbocycles. The molecule has 1 spiro atoms. The maximum absolute atomic E-state index is 12.8. The van der Waals surface area contributed by atoms with Crippen LogP contribution in [0.15, 0.2) is 12.2 Å². The van der Waals surface area contributed by atoms with Gasteiger partial charge < -0.3 is 9.84 Å². The highest BCUT2D eigenvalue weighted by molar-refractivity contribution is 7.86. The summed E-state index contributed by atoms with van der Waals surface area (Å²) in [6, 6.07) is 0. The summed E-state index contributed by atoms with van der Waals surface area (Å²) in [4.78, 5) is 11.8. The maximum atomic E-state index is 12.8. The van der Waals surface area contributed by atoms with E-state index in [1.165, 1.54) is 8.61 Å². The number of nitrogens with zero attached hydrogens (tertiary/aromatic N) is 2. The van der Waals surface area contributed by atoms with Gasteiger partial charge in [-0.05, 0) is 31.1 Å². The predicted molar refractivity (Wildman–Crippen MR) is 84.1 cm³/mol. The largest absolute Gasteiger partial charge is 0.481 e. The van der Waals surface area contributed by atoms with Gasteiger partial charge in [0, 0.05) is 39.4 Å². The Labute approximate surface area is 137 Å². The number of carboxylic acids is 1. The van der Waals surface area contributed by atoms with Crippen LogP contribution in [0.25, 0.3) is 0 Å². The molecule has 3 rings (SSSR count). The molecule has 1 unspecified atom stereocenters. The van der Waals surface area contributed by atoms with Crippen LogP contribution in [-0.2, 0) is 19.7 Å². The SMILES string of the molecule is O=C(O)C1CN(S(=O)(=O)N2CC=CCC2)CCC12CCOCC2. The van der Waals surface area contributed by atoms with E-state index in [1.807, 2.05) is 12.2 Å². The Kier molecular flexibility index (Phi) is 4.78. The molecular weight excluding hydrogens is 320 g/mol. The number of ether oxygens (including phenoxy) is 1. The second kappa shape index (κ2) is 6.51. The van der Waals surface area contributed by atoms with Gasteiger partial charge in [-0.15, -0.1) is 0 Å². The van der Waals surface area contributed by atoms with Crippen molar-refractivity contribution < 1.29 is 23.1 Å². The molecule has 0 aromatic heterocycles. The van der Waals surface area contributed by atoms with E-state index in [4.69, 9.17) is 4.74 Å². The second-order valence-corrected chi connectivity index (χ2v) is 8.53. The molecule has 3 heterocycles. The lowest BCUT2D eigenvalue weighted by molar-refractivity contribution is -0.153. The van der Waals surface area contributed by atoms with Gasteiger partial charge in [-0.25, -0.2) is 0 Å². The number of piperidine rings is 1. The van der Waals surface area contributed by atoms with Gasteiger partial charge in [0.2, 0.25) is 0 Å². The molecule has 130 valence electrons. The molecule has 0 amide bonds. The first-order chi connectivity index (χ1) is 11.0.